The van der Waals surface area contributed by atoms with Gasteiger partial charge in [0.2, 0.25) is 0 Å². The summed E-state index contributed by atoms with van der Waals surface area (Å²) in [7, 11) is 0. The summed E-state index contributed by atoms with van der Waals surface area (Å²) in [6.45, 7) is 4.44. The Morgan fingerprint density at radius 1 is 1.37 bits per heavy atom. The molecule has 1 aromatic carbocycles. The van der Waals surface area contributed by atoms with Crippen molar-refractivity contribution in [2.45, 2.75) is 32.3 Å². The van der Waals surface area contributed by atoms with Crippen LogP contribution in [-0.2, 0) is 10.3 Å². The molecule has 1 amide bonds. The topological polar surface area (TPSA) is 67.8 Å². The van der Waals surface area contributed by atoms with E-state index in [9.17, 15) is 4.79 Å². The minimum Gasteiger partial charge on any atom is -0.494 e. The van der Waals surface area contributed by atoms with Gasteiger partial charge in [0, 0.05) is 12.2 Å². The average molecular weight is 265 g/mol. The zero-order valence-corrected chi connectivity index (χ0v) is 11.2. The van der Waals surface area contributed by atoms with Crippen LogP contribution in [0.2, 0.25) is 0 Å². The number of unbranched alkanes of at least 4 members (excludes halogenated alkanes) is 1. The molecule has 0 aromatic heterocycles. The molecule has 5 nitrogen and oxygen atoms in total. The lowest BCUT2D eigenvalue weighted by molar-refractivity contribution is 0.0418. The summed E-state index contributed by atoms with van der Waals surface area (Å²) >= 11 is 0. The monoisotopic (exact) mass is 265 g/mol. The van der Waals surface area contributed by atoms with Gasteiger partial charge in [0.05, 0.1) is 12.3 Å². The maximum absolute atomic E-state index is 11.4. The van der Waals surface area contributed by atoms with Crippen LogP contribution in [0.4, 0.5) is 10.5 Å². The molecule has 104 valence electrons. The second-order valence-corrected chi connectivity index (χ2v) is 5.01. The molecule has 5 heteroatoms. The van der Waals surface area contributed by atoms with E-state index < -0.39 is 11.7 Å². The van der Waals surface area contributed by atoms with Crippen LogP contribution in [0.1, 0.15) is 32.3 Å². The number of carbonyl (C=O) groups is 1. The van der Waals surface area contributed by atoms with Gasteiger partial charge in [0.25, 0.3) is 0 Å². The molecule has 0 saturated heterocycles. The van der Waals surface area contributed by atoms with Crippen molar-refractivity contribution in [1.82, 2.24) is 0 Å². The number of amides is 1. The fourth-order valence-electron chi connectivity index (χ4n) is 2.05. The first-order valence-electron chi connectivity index (χ1n) is 6.41. The molecule has 1 heterocycles. The number of aliphatic hydroxyl groups excluding tert-OH is 1. The Morgan fingerprint density at radius 2 is 2.16 bits per heavy atom. The van der Waals surface area contributed by atoms with Crippen LogP contribution in [0, 0.1) is 0 Å². The van der Waals surface area contributed by atoms with E-state index in [2.05, 4.69) is 5.32 Å². The first-order chi connectivity index (χ1) is 9.03. The molecule has 1 aliphatic rings. The summed E-state index contributed by atoms with van der Waals surface area (Å²) in [6.07, 6.45) is 1.11. The number of aliphatic hydroxyl groups is 1. The molecule has 2 N–H and O–H groups in total. The van der Waals surface area contributed by atoms with E-state index in [4.69, 9.17) is 14.6 Å². The van der Waals surface area contributed by atoms with Crippen molar-refractivity contribution in [3.8, 4) is 5.75 Å². The van der Waals surface area contributed by atoms with E-state index in [1.165, 1.54) is 0 Å². The van der Waals surface area contributed by atoms with Crippen molar-refractivity contribution in [2.75, 3.05) is 18.5 Å². The van der Waals surface area contributed by atoms with Gasteiger partial charge in [-0.1, -0.05) is 0 Å². The Bertz CT molecular complexity index is 471. The predicted molar refractivity (Wildman–Crippen MR) is 71.4 cm³/mol. The molecule has 0 bridgehead atoms. The number of anilines is 1. The Hall–Kier alpha value is -1.75. The van der Waals surface area contributed by atoms with Crippen molar-refractivity contribution >= 4 is 11.8 Å². The lowest BCUT2D eigenvalue weighted by Crippen LogP contribution is -2.34. The zero-order valence-electron chi connectivity index (χ0n) is 11.2. The SMILES string of the molecule is CC1(C)OC(=O)Nc2ccc(OCCCCO)cc21. The summed E-state index contributed by atoms with van der Waals surface area (Å²) in [5, 5.41) is 11.4. The van der Waals surface area contributed by atoms with E-state index in [0.29, 0.717) is 6.61 Å². The van der Waals surface area contributed by atoms with Gasteiger partial charge in [0.15, 0.2) is 0 Å². The molecule has 0 atom stereocenters. The van der Waals surface area contributed by atoms with E-state index in [-0.39, 0.29) is 6.61 Å². The average Bonchev–Trinajstić information content (AvgIpc) is 2.34. The fourth-order valence-corrected chi connectivity index (χ4v) is 2.05. The third-order valence-corrected chi connectivity index (χ3v) is 3.05. The summed E-state index contributed by atoms with van der Waals surface area (Å²) in [6, 6.07) is 5.52. The lowest BCUT2D eigenvalue weighted by atomic mass is 9.94. The first-order valence-corrected chi connectivity index (χ1v) is 6.41. The van der Waals surface area contributed by atoms with Gasteiger partial charge < -0.3 is 14.6 Å². The largest absolute Gasteiger partial charge is 0.494 e. The van der Waals surface area contributed by atoms with Crippen molar-refractivity contribution < 1.29 is 19.4 Å². The highest BCUT2D eigenvalue weighted by molar-refractivity contribution is 5.88. The molecule has 0 fully saturated rings. The number of benzene rings is 1. The number of hydrogen-bond donors (Lipinski definition) is 2. The van der Waals surface area contributed by atoms with E-state index in [1.54, 1.807) is 0 Å². The Morgan fingerprint density at radius 3 is 2.89 bits per heavy atom. The standard InChI is InChI=1S/C14H19NO4/c1-14(2)11-9-10(18-8-4-3-7-16)5-6-12(11)15-13(17)19-14/h5-6,9,16H,3-4,7-8H2,1-2H3,(H,15,17). The first kappa shape index (κ1) is 13.7. The fraction of sp³-hybridized carbons (Fsp3) is 0.500. The summed E-state index contributed by atoms with van der Waals surface area (Å²) in [5.74, 6) is 0.740. The third kappa shape index (κ3) is 3.17. The Labute approximate surface area is 112 Å². The normalized spacial score (nSPS) is 16.3. The van der Waals surface area contributed by atoms with Gasteiger partial charge in [-0.25, -0.2) is 4.79 Å². The van der Waals surface area contributed by atoms with Crippen molar-refractivity contribution in [3.05, 3.63) is 23.8 Å². The number of fused-ring (bicyclic) bond motifs is 1. The predicted octanol–water partition coefficient (Wildman–Crippen LogP) is 2.64. The second-order valence-electron chi connectivity index (χ2n) is 5.01. The number of cyclic esters (lactones) is 1. The molecule has 0 aliphatic carbocycles. The molecule has 0 unspecified atom stereocenters. The van der Waals surface area contributed by atoms with Gasteiger partial charge in [-0.15, -0.1) is 0 Å². The van der Waals surface area contributed by atoms with Gasteiger partial charge in [-0.2, -0.15) is 0 Å². The molecular formula is C14H19NO4. The van der Waals surface area contributed by atoms with Crippen LogP contribution < -0.4 is 10.1 Å². The van der Waals surface area contributed by atoms with Gasteiger partial charge in [-0.05, 0) is 44.9 Å². The number of hydrogen-bond acceptors (Lipinski definition) is 4. The maximum atomic E-state index is 11.4. The molecule has 19 heavy (non-hydrogen) atoms. The quantitative estimate of drug-likeness (QED) is 0.803. The third-order valence-electron chi connectivity index (χ3n) is 3.05. The molecule has 0 saturated carbocycles. The number of carbonyl (C=O) groups excluding carboxylic acids is 1. The maximum Gasteiger partial charge on any atom is 0.412 e. The highest BCUT2D eigenvalue weighted by Crippen LogP contribution is 2.37. The Balaban J connectivity index is 2.12. The van der Waals surface area contributed by atoms with Crippen LogP contribution in [0.5, 0.6) is 5.75 Å². The lowest BCUT2D eigenvalue weighted by Gasteiger charge is -2.32. The molecule has 0 radical (unpaired) electrons. The molecule has 1 aliphatic heterocycles. The van der Waals surface area contributed by atoms with Crippen molar-refractivity contribution in [1.29, 1.82) is 0 Å². The summed E-state index contributed by atoms with van der Waals surface area (Å²) < 4.78 is 10.9. The van der Waals surface area contributed by atoms with E-state index in [0.717, 1.165) is 29.8 Å². The van der Waals surface area contributed by atoms with Crippen LogP contribution in [0.25, 0.3) is 0 Å². The van der Waals surface area contributed by atoms with Gasteiger partial charge in [0.1, 0.15) is 11.4 Å². The van der Waals surface area contributed by atoms with Crippen molar-refractivity contribution in [2.24, 2.45) is 0 Å². The number of nitrogens with one attached hydrogen (secondary N) is 1. The Kier molecular flexibility index (Phi) is 3.95. The van der Waals surface area contributed by atoms with Crippen LogP contribution >= 0.6 is 0 Å². The summed E-state index contributed by atoms with van der Waals surface area (Å²) in [4.78, 5) is 11.4. The second kappa shape index (κ2) is 5.48. The smallest absolute Gasteiger partial charge is 0.412 e. The molecule has 2 rings (SSSR count). The summed E-state index contributed by atoms with van der Waals surface area (Å²) in [5.41, 5.74) is 0.984. The van der Waals surface area contributed by atoms with E-state index in [1.807, 2.05) is 32.0 Å². The highest BCUT2D eigenvalue weighted by Gasteiger charge is 2.33. The number of ether oxygens (including phenoxy) is 2. The highest BCUT2D eigenvalue weighted by atomic mass is 16.6. The minimum atomic E-state index is -0.665. The molecular weight excluding hydrogens is 246 g/mol. The van der Waals surface area contributed by atoms with Crippen LogP contribution in [0.3, 0.4) is 0 Å². The van der Waals surface area contributed by atoms with Gasteiger partial charge >= 0.3 is 6.09 Å². The van der Waals surface area contributed by atoms with Crippen LogP contribution in [0.15, 0.2) is 18.2 Å². The minimum absolute atomic E-state index is 0.181. The van der Waals surface area contributed by atoms with Crippen LogP contribution in [-0.4, -0.2) is 24.4 Å². The zero-order chi connectivity index (χ0) is 13.9. The number of rotatable bonds is 5. The van der Waals surface area contributed by atoms with Crippen molar-refractivity contribution in [3.63, 3.8) is 0 Å². The van der Waals surface area contributed by atoms with E-state index >= 15 is 0 Å². The molecule has 0 spiro atoms. The molecule has 1 aromatic rings. The van der Waals surface area contributed by atoms with Gasteiger partial charge in [-0.3, -0.25) is 5.32 Å².